The van der Waals surface area contributed by atoms with Gasteiger partial charge in [0.15, 0.2) is 0 Å². The van der Waals surface area contributed by atoms with E-state index in [0.717, 1.165) is 22.4 Å². The van der Waals surface area contributed by atoms with Crippen LogP contribution in [0.4, 0.5) is 0 Å². The van der Waals surface area contributed by atoms with Gasteiger partial charge in [0.2, 0.25) is 0 Å². The van der Waals surface area contributed by atoms with Crippen LogP contribution in [-0.4, -0.2) is 9.52 Å². The number of rotatable bonds is 2. The summed E-state index contributed by atoms with van der Waals surface area (Å²) >= 11 is 0. The zero-order valence-electron chi connectivity index (χ0n) is 18.9. The minimum atomic E-state index is 0. The number of fused-ring (bicyclic) bond motifs is 2. The van der Waals surface area contributed by atoms with Crippen LogP contribution in [0.2, 0.25) is 13.1 Å². The first-order valence-corrected chi connectivity index (χ1v) is 11.9. The molecule has 4 heteroatoms. The fourth-order valence-corrected chi connectivity index (χ4v) is 3.31. The van der Waals surface area contributed by atoms with Crippen molar-refractivity contribution in [3.8, 4) is 0 Å². The summed E-state index contributed by atoms with van der Waals surface area (Å²) in [6.07, 6.45) is 2.27. The van der Waals surface area contributed by atoms with Crippen molar-refractivity contribution in [1.29, 1.82) is 0 Å². The summed E-state index contributed by atoms with van der Waals surface area (Å²) in [5, 5.41) is 5.59. The molecule has 0 atom stereocenters. The largest absolute Gasteiger partial charge is 4.00 e. The molecule has 0 aromatic heterocycles. The monoisotopic (exact) mass is 532 g/mol. The molecule has 0 aliphatic rings. The molecule has 0 nitrogen and oxygen atoms in total. The predicted octanol–water partition coefficient (Wildman–Crippen LogP) is 1.65. The molecule has 0 aliphatic carbocycles. The molecule has 0 heterocycles. The maximum Gasteiger partial charge on any atom is 4.00 e. The number of benzene rings is 2. The Kier molecular flexibility index (Phi) is 16.9. The molecule has 0 amide bonds. The Bertz CT molecular complexity index is 905. The van der Waals surface area contributed by atoms with E-state index in [1.807, 2.05) is 0 Å². The van der Waals surface area contributed by atoms with Gasteiger partial charge in [-0.25, -0.2) is 0 Å². The standard InChI is InChI=1S/2C12H13.C2H6Si.2ClH.Zr/c2*1-3-10-7-11-6-4-5-9(2)12(11)8-10;1-3-2;;;/h2*4-8H,3H2,1-2H3;1-2H3;2*1H;/q2*-1;;;;+4/p-2. The summed E-state index contributed by atoms with van der Waals surface area (Å²) in [6.45, 7) is 13.0. The van der Waals surface area contributed by atoms with Crippen molar-refractivity contribution in [1.82, 2.24) is 0 Å². The molecule has 0 saturated heterocycles. The van der Waals surface area contributed by atoms with Crippen LogP contribution < -0.4 is 24.8 Å². The van der Waals surface area contributed by atoms with Gasteiger partial charge in [0.1, 0.15) is 0 Å². The van der Waals surface area contributed by atoms with E-state index in [9.17, 15) is 0 Å². The average Bonchev–Trinajstić information content (AvgIpc) is 3.28. The van der Waals surface area contributed by atoms with Gasteiger partial charge in [-0.15, -0.1) is 69.1 Å². The van der Waals surface area contributed by atoms with Crippen LogP contribution in [-0.2, 0) is 39.0 Å². The van der Waals surface area contributed by atoms with Gasteiger partial charge < -0.3 is 24.8 Å². The molecule has 4 aromatic carbocycles. The first kappa shape index (κ1) is 31.5. The van der Waals surface area contributed by atoms with E-state index in [4.69, 9.17) is 0 Å². The molecule has 158 valence electrons. The summed E-state index contributed by atoms with van der Waals surface area (Å²) in [7, 11) is 1.08. The predicted molar refractivity (Wildman–Crippen MR) is 125 cm³/mol. The van der Waals surface area contributed by atoms with Crippen LogP contribution in [0.25, 0.3) is 21.5 Å². The van der Waals surface area contributed by atoms with Crippen LogP contribution in [0.15, 0.2) is 60.7 Å². The van der Waals surface area contributed by atoms with Gasteiger partial charge in [-0.05, 0) is 26.7 Å². The van der Waals surface area contributed by atoms with Gasteiger partial charge in [-0.3, -0.25) is 0 Å². The van der Waals surface area contributed by atoms with E-state index in [1.54, 1.807) is 0 Å². The molecule has 0 N–H and O–H groups in total. The fourth-order valence-electron chi connectivity index (χ4n) is 3.31. The van der Waals surface area contributed by atoms with Gasteiger partial charge in [0.25, 0.3) is 0 Å². The molecule has 0 fully saturated rings. The first-order chi connectivity index (χ1) is 13.0. The molecule has 0 unspecified atom stereocenters. The van der Waals surface area contributed by atoms with Crippen molar-refractivity contribution in [2.24, 2.45) is 0 Å². The molecule has 4 rings (SSSR count). The third-order valence-corrected chi connectivity index (χ3v) is 4.87. The molecular formula is C26H32Cl2SiZr. The number of hydrogen-bond acceptors (Lipinski definition) is 0. The van der Waals surface area contributed by atoms with E-state index in [0.29, 0.717) is 0 Å². The van der Waals surface area contributed by atoms with Gasteiger partial charge in [-0.2, -0.15) is 12.1 Å². The van der Waals surface area contributed by atoms with E-state index in [2.05, 4.69) is 101 Å². The number of halogens is 2. The maximum atomic E-state index is 2.30. The maximum absolute atomic E-state index is 2.30. The van der Waals surface area contributed by atoms with Gasteiger partial charge >= 0.3 is 26.2 Å². The molecule has 4 aromatic rings. The average molecular weight is 535 g/mol. The molecule has 30 heavy (non-hydrogen) atoms. The number of aryl methyl sites for hydroxylation is 4. The number of hydrogen-bond donors (Lipinski definition) is 0. The van der Waals surface area contributed by atoms with Crippen LogP contribution in [0.5, 0.6) is 0 Å². The normalized spacial score (nSPS) is 9.27. The smallest absolute Gasteiger partial charge is 1.00 e. The molecule has 0 saturated carbocycles. The Labute approximate surface area is 217 Å². The summed E-state index contributed by atoms with van der Waals surface area (Å²) in [6, 6.07) is 22.1. The third-order valence-electron chi connectivity index (χ3n) is 4.87. The van der Waals surface area contributed by atoms with Crippen molar-refractivity contribution >= 4 is 31.1 Å². The molecule has 0 bridgehead atoms. The Morgan fingerprint density at radius 1 is 0.700 bits per heavy atom. The molecule has 0 aliphatic heterocycles. The fraction of sp³-hybridized carbons (Fsp3) is 0.308. The second kappa shape index (κ2) is 16.0. The van der Waals surface area contributed by atoms with Crippen LogP contribution in [0, 0.1) is 13.8 Å². The molecule has 0 spiro atoms. The zero-order valence-corrected chi connectivity index (χ0v) is 23.9. The second-order valence-electron chi connectivity index (χ2n) is 7.09. The minimum Gasteiger partial charge on any atom is -1.00 e. The van der Waals surface area contributed by atoms with Crippen molar-refractivity contribution < 1.29 is 51.0 Å². The SMILES string of the molecule is CCc1cc2c(C)cccc2[cH-]1.CCc1cc2c(C)cccc2[cH-]1.C[Si]C.[Cl-].[Cl-].[Zr+4]. The first-order valence-electron chi connectivity index (χ1n) is 9.92. The van der Waals surface area contributed by atoms with E-state index in [-0.39, 0.29) is 51.0 Å². The summed E-state index contributed by atoms with van der Waals surface area (Å²) < 4.78 is 0. The summed E-state index contributed by atoms with van der Waals surface area (Å²) in [5.74, 6) is 0. The zero-order chi connectivity index (χ0) is 19.8. The van der Waals surface area contributed by atoms with Gasteiger partial charge in [0.05, 0.1) is 0 Å². The van der Waals surface area contributed by atoms with Crippen molar-refractivity contribution in [3.05, 3.63) is 82.9 Å². The van der Waals surface area contributed by atoms with Crippen molar-refractivity contribution in [2.75, 3.05) is 0 Å². The van der Waals surface area contributed by atoms with E-state index in [1.165, 1.54) is 43.8 Å². The second-order valence-corrected chi connectivity index (χ2v) is 8.09. The van der Waals surface area contributed by atoms with Crippen molar-refractivity contribution in [3.63, 3.8) is 0 Å². The Hall–Kier alpha value is -0.660. The van der Waals surface area contributed by atoms with Crippen molar-refractivity contribution in [2.45, 2.75) is 53.6 Å². The Morgan fingerprint density at radius 2 is 1.03 bits per heavy atom. The third kappa shape index (κ3) is 8.46. The van der Waals surface area contributed by atoms with Crippen LogP contribution in [0.1, 0.15) is 36.1 Å². The quantitative estimate of drug-likeness (QED) is 0.271. The molecular weight excluding hydrogens is 503 g/mol. The van der Waals surface area contributed by atoms with Gasteiger partial charge in [0, 0.05) is 9.52 Å². The van der Waals surface area contributed by atoms with E-state index < -0.39 is 0 Å². The topological polar surface area (TPSA) is 0 Å². The van der Waals surface area contributed by atoms with E-state index >= 15 is 0 Å². The minimum absolute atomic E-state index is 0. The Balaban J connectivity index is 0. The molecule has 2 radical (unpaired) electrons. The van der Waals surface area contributed by atoms with Gasteiger partial charge in [-0.1, -0.05) is 50.2 Å². The van der Waals surface area contributed by atoms with Crippen LogP contribution in [0.3, 0.4) is 0 Å². The van der Waals surface area contributed by atoms with Crippen LogP contribution >= 0.6 is 0 Å². The summed E-state index contributed by atoms with van der Waals surface area (Å²) in [4.78, 5) is 0. The summed E-state index contributed by atoms with van der Waals surface area (Å²) in [5.41, 5.74) is 5.65. The Morgan fingerprint density at radius 3 is 1.30 bits per heavy atom.